The number of sulfone groups is 1. The zero-order valence-corrected chi connectivity index (χ0v) is 14.7. The van der Waals surface area contributed by atoms with Gasteiger partial charge in [0, 0.05) is 6.42 Å². The first kappa shape index (κ1) is 17.3. The number of rotatable bonds is 7. The molecule has 1 N–H and O–H groups in total. The number of nitrogens with one attached hydrogen (secondary N) is 1. The minimum atomic E-state index is -3.38. The Morgan fingerprint density at radius 2 is 1.92 bits per heavy atom. The summed E-state index contributed by atoms with van der Waals surface area (Å²) in [5.74, 6) is -0.524. The first-order valence-corrected chi connectivity index (χ1v) is 10.1. The van der Waals surface area contributed by atoms with Gasteiger partial charge >= 0.3 is 6.01 Å². The van der Waals surface area contributed by atoms with Gasteiger partial charge in [0.25, 0.3) is 5.89 Å². The van der Waals surface area contributed by atoms with Gasteiger partial charge < -0.3 is 4.42 Å². The predicted molar refractivity (Wildman–Crippen MR) is 94.8 cm³/mol. The Hall–Kier alpha value is -2.52. The Morgan fingerprint density at radius 3 is 2.64 bits per heavy atom. The second kappa shape index (κ2) is 7.58. The quantitative estimate of drug-likeness (QED) is 0.679. The first-order valence-electron chi connectivity index (χ1n) is 7.43. The predicted octanol–water partition coefficient (Wildman–Crippen LogP) is 2.74. The van der Waals surface area contributed by atoms with E-state index in [1.165, 1.54) is 11.3 Å². The molecule has 0 radical (unpaired) electrons. The monoisotopic (exact) mass is 377 g/mol. The second-order valence-electron chi connectivity index (χ2n) is 5.27. The van der Waals surface area contributed by atoms with E-state index in [4.69, 9.17) is 4.42 Å². The molecule has 1 aromatic carbocycles. The van der Waals surface area contributed by atoms with Crippen LogP contribution in [-0.4, -0.2) is 30.3 Å². The molecule has 0 aliphatic heterocycles. The van der Waals surface area contributed by atoms with Crippen molar-refractivity contribution in [2.24, 2.45) is 0 Å². The third-order valence-electron chi connectivity index (χ3n) is 3.27. The Labute approximate surface area is 148 Å². The zero-order chi connectivity index (χ0) is 17.7. The topological polar surface area (TPSA) is 102 Å². The maximum absolute atomic E-state index is 12.1. The van der Waals surface area contributed by atoms with Gasteiger partial charge in [0.15, 0.2) is 9.84 Å². The summed E-state index contributed by atoms with van der Waals surface area (Å²) in [7, 11) is -3.38. The number of carbonyl (C=O) groups is 1. The summed E-state index contributed by atoms with van der Waals surface area (Å²) in [4.78, 5) is 12.7. The molecule has 0 spiro atoms. The highest BCUT2D eigenvalue weighted by atomic mass is 32.2. The van der Waals surface area contributed by atoms with Gasteiger partial charge in [-0.2, -0.15) is 0 Å². The van der Waals surface area contributed by atoms with E-state index < -0.39 is 15.7 Å². The number of hydrogen-bond donors (Lipinski definition) is 1. The van der Waals surface area contributed by atoms with Crippen LogP contribution >= 0.6 is 11.3 Å². The maximum Gasteiger partial charge on any atom is 0.322 e. The number of nitrogens with zero attached hydrogens (tertiary/aromatic N) is 2. The standard InChI is InChI=1S/C16H15N3O4S2/c20-14(8-10-25(21,22)11-12-5-2-1-3-6-12)17-16-19-18-15(23-16)13-7-4-9-24-13/h1-7,9H,8,10-11H2,(H,17,19,20). The van der Waals surface area contributed by atoms with Crippen LogP contribution < -0.4 is 5.32 Å². The van der Waals surface area contributed by atoms with Crippen LogP contribution in [0.25, 0.3) is 10.8 Å². The van der Waals surface area contributed by atoms with Crippen LogP contribution in [0.5, 0.6) is 0 Å². The number of amides is 1. The van der Waals surface area contributed by atoms with Crippen molar-refractivity contribution in [2.75, 3.05) is 11.1 Å². The number of thiophene rings is 1. The number of hydrogen-bond acceptors (Lipinski definition) is 7. The molecule has 0 aliphatic carbocycles. The number of anilines is 1. The van der Waals surface area contributed by atoms with Crippen molar-refractivity contribution in [3.05, 3.63) is 53.4 Å². The highest BCUT2D eigenvalue weighted by molar-refractivity contribution is 7.90. The lowest BCUT2D eigenvalue weighted by Crippen LogP contribution is -2.18. The number of benzene rings is 1. The molecule has 1 amide bonds. The van der Waals surface area contributed by atoms with Crippen molar-refractivity contribution in [1.82, 2.24) is 10.2 Å². The van der Waals surface area contributed by atoms with Crippen LogP contribution in [0.1, 0.15) is 12.0 Å². The smallest absolute Gasteiger partial charge is 0.322 e. The van der Waals surface area contributed by atoms with Crippen molar-refractivity contribution in [3.8, 4) is 10.8 Å². The average molecular weight is 377 g/mol. The van der Waals surface area contributed by atoms with E-state index in [0.717, 1.165) is 4.88 Å². The molecule has 0 fully saturated rings. The average Bonchev–Trinajstić information content (AvgIpc) is 3.25. The van der Waals surface area contributed by atoms with Crippen molar-refractivity contribution >= 4 is 33.1 Å². The summed E-state index contributed by atoms with van der Waals surface area (Å²) in [6.07, 6.45) is -0.175. The molecule has 0 unspecified atom stereocenters. The Morgan fingerprint density at radius 1 is 1.12 bits per heavy atom. The summed E-state index contributed by atoms with van der Waals surface area (Å²) >= 11 is 1.43. The van der Waals surface area contributed by atoms with E-state index in [9.17, 15) is 13.2 Å². The Kier molecular flexibility index (Phi) is 5.25. The summed E-state index contributed by atoms with van der Waals surface area (Å²) in [6, 6.07) is 12.5. The van der Waals surface area contributed by atoms with Gasteiger partial charge in [-0.3, -0.25) is 10.1 Å². The molecule has 3 aromatic rings. The lowest BCUT2D eigenvalue weighted by Gasteiger charge is -2.04. The SMILES string of the molecule is O=C(CCS(=O)(=O)Cc1ccccc1)Nc1nnc(-c2cccs2)o1. The van der Waals surface area contributed by atoms with E-state index in [1.807, 2.05) is 23.6 Å². The van der Waals surface area contributed by atoms with Crippen LogP contribution in [0, 0.1) is 0 Å². The Bertz CT molecular complexity index is 935. The van der Waals surface area contributed by atoms with Crippen LogP contribution in [0.15, 0.2) is 52.3 Å². The molecule has 0 saturated carbocycles. The van der Waals surface area contributed by atoms with Gasteiger partial charge in [-0.25, -0.2) is 8.42 Å². The van der Waals surface area contributed by atoms with Gasteiger partial charge in [-0.15, -0.1) is 16.4 Å². The second-order valence-corrected chi connectivity index (χ2v) is 8.40. The fraction of sp³-hybridized carbons (Fsp3) is 0.188. The zero-order valence-electron chi connectivity index (χ0n) is 13.1. The van der Waals surface area contributed by atoms with E-state index >= 15 is 0 Å². The lowest BCUT2D eigenvalue weighted by molar-refractivity contribution is -0.115. The molecular weight excluding hydrogens is 362 g/mol. The van der Waals surface area contributed by atoms with Crippen molar-refractivity contribution in [3.63, 3.8) is 0 Å². The fourth-order valence-electron chi connectivity index (χ4n) is 2.10. The third-order valence-corrected chi connectivity index (χ3v) is 5.73. The molecule has 9 heteroatoms. The van der Waals surface area contributed by atoms with Gasteiger partial charge in [0.1, 0.15) is 0 Å². The molecule has 0 saturated heterocycles. The van der Waals surface area contributed by atoms with Crippen molar-refractivity contribution in [1.29, 1.82) is 0 Å². The fourth-order valence-corrected chi connectivity index (χ4v) is 4.09. The van der Waals surface area contributed by atoms with Gasteiger partial charge in [0.05, 0.1) is 16.4 Å². The van der Waals surface area contributed by atoms with Crippen LogP contribution in [0.3, 0.4) is 0 Å². The van der Waals surface area contributed by atoms with E-state index in [1.54, 1.807) is 24.3 Å². The summed E-state index contributed by atoms with van der Waals surface area (Å²) in [6.45, 7) is 0. The van der Waals surface area contributed by atoms with Crippen LogP contribution in [0.2, 0.25) is 0 Å². The first-order chi connectivity index (χ1) is 12.0. The van der Waals surface area contributed by atoms with Gasteiger partial charge in [0.2, 0.25) is 5.91 Å². The van der Waals surface area contributed by atoms with E-state index in [0.29, 0.717) is 11.5 Å². The van der Waals surface area contributed by atoms with E-state index in [-0.39, 0.29) is 23.9 Å². The molecular formula is C16H15N3O4S2. The Balaban J connectivity index is 1.52. The number of carbonyl (C=O) groups excluding carboxylic acids is 1. The largest absolute Gasteiger partial charge is 0.402 e. The van der Waals surface area contributed by atoms with Gasteiger partial charge in [-0.05, 0) is 17.0 Å². The molecule has 130 valence electrons. The summed E-state index contributed by atoms with van der Waals surface area (Å²) in [5, 5.41) is 11.9. The lowest BCUT2D eigenvalue weighted by atomic mass is 10.2. The molecule has 0 atom stereocenters. The third kappa shape index (κ3) is 4.97. The summed E-state index contributed by atoms with van der Waals surface area (Å²) < 4.78 is 29.5. The highest BCUT2D eigenvalue weighted by Crippen LogP contribution is 2.24. The molecule has 2 heterocycles. The summed E-state index contributed by atoms with van der Waals surface area (Å²) in [5.41, 5.74) is 0.695. The van der Waals surface area contributed by atoms with Crippen molar-refractivity contribution in [2.45, 2.75) is 12.2 Å². The number of aromatic nitrogens is 2. The van der Waals surface area contributed by atoms with Crippen LogP contribution in [-0.2, 0) is 20.4 Å². The van der Waals surface area contributed by atoms with Crippen LogP contribution in [0.4, 0.5) is 6.01 Å². The molecule has 3 rings (SSSR count). The van der Waals surface area contributed by atoms with E-state index in [2.05, 4.69) is 15.5 Å². The highest BCUT2D eigenvalue weighted by Gasteiger charge is 2.16. The minimum Gasteiger partial charge on any atom is -0.402 e. The minimum absolute atomic E-state index is 0.0474. The van der Waals surface area contributed by atoms with Gasteiger partial charge in [-0.1, -0.05) is 41.5 Å². The molecule has 2 aromatic heterocycles. The normalized spacial score (nSPS) is 11.4. The van der Waals surface area contributed by atoms with Crippen molar-refractivity contribution < 1.29 is 17.6 Å². The molecule has 7 nitrogen and oxygen atoms in total. The molecule has 0 aliphatic rings. The molecule has 0 bridgehead atoms. The molecule has 25 heavy (non-hydrogen) atoms. The maximum atomic E-state index is 12.1.